The van der Waals surface area contributed by atoms with Crippen LogP contribution in [0.2, 0.25) is 0 Å². The quantitative estimate of drug-likeness (QED) is 0.769. The van der Waals surface area contributed by atoms with Crippen molar-refractivity contribution < 1.29 is 9.53 Å². The minimum Gasteiger partial charge on any atom is -0.493 e. The van der Waals surface area contributed by atoms with Crippen LogP contribution in [0.15, 0.2) is 24.3 Å². The van der Waals surface area contributed by atoms with Gasteiger partial charge in [-0.05, 0) is 51.4 Å². The first-order valence-electron chi connectivity index (χ1n) is 9.97. The van der Waals surface area contributed by atoms with Crippen LogP contribution in [0.3, 0.4) is 0 Å². The van der Waals surface area contributed by atoms with Gasteiger partial charge in [-0.1, -0.05) is 18.2 Å². The fourth-order valence-corrected chi connectivity index (χ4v) is 4.90. The van der Waals surface area contributed by atoms with Gasteiger partial charge in [0.2, 0.25) is 5.91 Å². The van der Waals surface area contributed by atoms with Crippen LogP contribution in [-0.2, 0) is 11.2 Å². The Labute approximate surface area is 156 Å². The number of rotatable bonds is 1. The van der Waals surface area contributed by atoms with Gasteiger partial charge in [-0.2, -0.15) is 0 Å². The molecule has 3 aliphatic heterocycles. The van der Waals surface area contributed by atoms with E-state index < -0.39 is 0 Å². The first-order valence-corrected chi connectivity index (χ1v) is 9.97. The van der Waals surface area contributed by atoms with E-state index in [2.05, 4.69) is 34.9 Å². The number of hydrogen-bond donors (Lipinski definition) is 0. The van der Waals surface area contributed by atoms with E-state index in [1.54, 1.807) is 0 Å². The second kappa shape index (κ2) is 7.20. The molecule has 0 bridgehead atoms. The molecule has 5 nitrogen and oxygen atoms in total. The predicted molar refractivity (Wildman–Crippen MR) is 102 cm³/mol. The standard InChI is InChI=1S/C21H31N3O2/c1-22-12-13-23(2)21(16-22)8-10-24(11-9-21)20(25)18-7-14-26-19-6-4-3-5-17(19)15-18/h3-6,18H,7-16H2,1-2H3. The number of fused-ring (bicyclic) bond motifs is 1. The lowest BCUT2D eigenvalue weighted by molar-refractivity contribution is -0.139. The zero-order chi connectivity index (χ0) is 18.1. The van der Waals surface area contributed by atoms with Gasteiger partial charge in [0, 0.05) is 44.2 Å². The molecular weight excluding hydrogens is 326 g/mol. The topological polar surface area (TPSA) is 36.0 Å². The highest BCUT2D eigenvalue weighted by atomic mass is 16.5. The van der Waals surface area contributed by atoms with E-state index in [0.717, 1.165) is 64.2 Å². The lowest BCUT2D eigenvalue weighted by Crippen LogP contribution is -2.64. The van der Waals surface area contributed by atoms with Crippen molar-refractivity contribution in [3.63, 3.8) is 0 Å². The molecular formula is C21H31N3O2. The molecule has 1 amide bonds. The Kier molecular flexibility index (Phi) is 4.93. The molecule has 1 unspecified atom stereocenters. The maximum Gasteiger partial charge on any atom is 0.226 e. The van der Waals surface area contributed by atoms with E-state index in [-0.39, 0.29) is 11.5 Å². The Morgan fingerprint density at radius 3 is 2.69 bits per heavy atom. The van der Waals surface area contributed by atoms with Gasteiger partial charge in [-0.25, -0.2) is 0 Å². The number of nitrogens with zero attached hydrogens (tertiary/aromatic N) is 3. The Morgan fingerprint density at radius 2 is 1.88 bits per heavy atom. The monoisotopic (exact) mass is 357 g/mol. The van der Waals surface area contributed by atoms with E-state index in [1.165, 1.54) is 5.56 Å². The first kappa shape index (κ1) is 17.8. The molecule has 0 aliphatic carbocycles. The molecule has 1 spiro atoms. The molecule has 0 saturated carbocycles. The number of likely N-dealkylation sites (tertiary alicyclic amines) is 1. The summed E-state index contributed by atoms with van der Waals surface area (Å²) in [6.45, 7) is 5.80. The van der Waals surface area contributed by atoms with Crippen LogP contribution >= 0.6 is 0 Å². The number of ether oxygens (including phenoxy) is 1. The number of amides is 1. The van der Waals surface area contributed by atoms with Crippen LogP contribution in [-0.4, -0.2) is 79.6 Å². The number of carbonyl (C=O) groups is 1. The van der Waals surface area contributed by atoms with Gasteiger partial charge in [0.25, 0.3) is 0 Å². The van der Waals surface area contributed by atoms with Crippen molar-refractivity contribution in [2.45, 2.75) is 31.2 Å². The molecule has 0 N–H and O–H groups in total. The summed E-state index contributed by atoms with van der Waals surface area (Å²) in [5.41, 5.74) is 1.42. The van der Waals surface area contributed by atoms with Crippen molar-refractivity contribution >= 4 is 5.91 Å². The third-order valence-electron chi connectivity index (χ3n) is 6.71. The fourth-order valence-electron chi connectivity index (χ4n) is 4.90. The van der Waals surface area contributed by atoms with Crippen molar-refractivity contribution in [1.82, 2.24) is 14.7 Å². The van der Waals surface area contributed by atoms with Gasteiger partial charge in [0.1, 0.15) is 5.75 Å². The largest absolute Gasteiger partial charge is 0.493 e. The lowest BCUT2D eigenvalue weighted by atomic mass is 9.83. The summed E-state index contributed by atoms with van der Waals surface area (Å²) < 4.78 is 5.85. The van der Waals surface area contributed by atoms with Crippen molar-refractivity contribution in [2.75, 3.05) is 53.4 Å². The number of para-hydroxylation sites is 1. The highest BCUT2D eigenvalue weighted by Crippen LogP contribution is 2.33. The van der Waals surface area contributed by atoms with Crippen LogP contribution < -0.4 is 4.74 Å². The minimum absolute atomic E-state index is 0.0551. The highest BCUT2D eigenvalue weighted by Gasteiger charge is 2.42. The Balaban J connectivity index is 1.41. The third-order valence-corrected chi connectivity index (χ3v) is 6.71. The first-order chi connectivity index (χ1) is 12.6. The summed E-state index contributed by atoms with van der Waals surface area (Å²) >= 11 is 0. The smallest absolute Gasteiger partial charge is 0.226 e. The molecule has 2 fully saturated rings. The molecule has 5 heteroatoms. The lowest BCUT2D eigenvalue weighted by Gasteiger charge is -2.52. The summed E-state index contributed by atoms with van der Waals surface area (Å²) in [6, 6.07) is 8.15. The maximum absolute atomic E-state index is 13.2. The summed E-state index contributed by atoms with van der Waals surface area (Å²) in [5.74, 6) is 1.33. The fraction of sp³-hybridized carbons (Fsp3) is 0.667. The van der Waals surface area contributed by atoms with E-state index in [9.17, 15) is 4.79 Å². The SMILES string of the molecule is CN1CCN(C)C2(CCN(C(=O)C3CCOc4ccccc4C3)CC2)C1. The van der Waals surface area contributed by atoms with Crippen LogP contribution in [0.25, 0.3) is 0 Å². The van der Waals surface area contributed by atoms with Crippen LogP contribution in [0.4, 0.5) is 0 Å². The third kappa shape index (κ3) is 3.35. The zero-order valence-electron chi connectivity index (χ0n) is 16.1. The minimum atomic E-state index is 0.0551. The zero-order valence-corrected chi connectivity index (χ0v) is 16.1. The average Bonchev–Trinajstić information content (AvgIpc) is 2.87. The number of piperidine rings is 1. The summed E-state index contributed by atoms with van der Waals surface area (Å²) in [4.78, 5) is 20.3. The number of carbonyl (C=O) groups excluding carboxylic acids is 1. The molecule has 1 aromatic carbocycles. The summed E-state index contributed by atoms with van der Waals surface area (Å²) in [5, 5.41) is 0. The maximum atomic E-state index is 13.2. The highest BCUT2D eigenvalue weighted by molar-refractivity contribution is 5.79. The second-order valence-corrected chi connectivity index (χ2v) is 8.35. The van der Waals surface area contributed by atoms with Gasteiger partial charge in [0.05, 0.1) is 6.61 Å². The van der Waals surface area contributed by atoms with Gasteiger partial charge in [-0.3, -0.25) is 9.69 Å². The molecule has 142 valence electrons. The molecule has 26 heavy (non-hydrogen) atoms. The number of hydrogen-bond acceptors (Lipinski definition) is 4. The molecule has 1 aromatic rings. The van der Waals surface area contributed by atoms with Gasteiger partial charge in [0.15, 0.2) is 0 Å². The molecule has 3 aliphatic rings. The predicted octanol–water partition coefficient (Wildman–Crippen LogP) is 1.87. The van der Waals surface area contributed by atoms with Crippen molar-refractivity contribution in [1.29, 1.82) is 0 Å². The van der Waals surface area contributed by atoms with Gasteiger partial charge < -0.3 is 14.5 Å². The average molecular weight is 357 g/mol. The molecule has 2 saturated heterocycles. The van der Waals surface area contributed by atoms with Crippen molar-refractivity contribution in [3.05, 3.63) is 29.8 Å². The number of likely N-dealkylation sites (N-methyl/N-ethyl adjacent to an activating group) is 2. The van der Waals surface area contributed by atoms with Crippen LogP contribution in [0.5, 0.6) is 5.75 Å². The Bertz CT molecular complexity index is 654. The molecule has 3 heterocycles. The summed E-state index contributed by atoms with van der Waals surface area (Å²) in [7, 11) is 4.47. The van der Waals surface area contributed by atoms with E-state index in [1.807, 2.05) is 18.2 Å². The van der Waals surface area contributed by atoms with Crippen LogP contribution in [0.1, 0.15) is 24.8 Å². The van der Waals surface area contributed by atoms with Gasteiger partial charge >= 0.3 is 0 Å². The number of piperazine rings is 1. The Hall–Kier alpha value is -1.59. The second-order valence-electron chi connectivity index (χ2n) is 8.35. The van der Waals surface area contributed by atoms with E-state index >= 15 is 0 Å². The van der Waals surface area contributed by atoms with E-state index in [4.69, 9.17) is 4.74 Å². The van der Waals surface area contributed by atoms with Crippen molar-refractivity contribution in [3.8, 4) is 5.75 Å². The van der Waals surface area contributed by atoms with Crippen molar-refractivity contribution in [2.24, 2.45) is 5.92 Å². The van der Waals surface area contributed by atoms with Gasteiger partial charge in [-0.15, -0.1) is 0 Å². The molecule has 0 aromatic heterocycles. The van der Waals surface area contributed by atoms with E-state index in [0.29, 0.717) is 12.5 Å². The normalized spacial score (nSPS) is 26.8. The molecule has 4 rings (SSSR count). The summed E-state index contributed by atoms with van der Waals surface area (Å²) in [6.07, 6.45) is 3.79. The van der Waals surface area contributed by atoms with Crippen LogP contribution in [0, 0.1) is 5.92 Å². The molecule has 1 atom stereocenters. The number of benzene rings is 1. The molecule has 0 radical (unpaired) electrons. The Morgan fingerprint density at radius 1 is 1.12 bits per heavy atom.